The van der Waals surface area contributed by atoms with Crippen LogP contribution in [0.3, 0.4) is 0 Å². The lowest BCUT2D eigenvalue weighted by Gasteiger charge is -2.38. The molecule has 0 bridgehead atoms. The van der Waals surface area contributed by atoms with Crippen LogP contribution in [0.4, 0.5) is 26.3 Å². The molecule has 1 aromatic carbocycles. The first-order valence-corrected chi connectivity index (χ1v) is 13.8. The number of carboxylic acid groups (broad SMARTS) is 1. The van der Waals surface area contributed by atoms with Crippen LogP contribution >= 0.6 is 0 Å². The van der Waals surface area contributed by atoms with Crippen molar-refractivity contribution in [2.24, 2.45) is 28.5 Å². The third-order valence-electron chi connectivity index (χ3n) is 7.87. The average molecular weight is 644 g/mol. The fourth-order valence-corrected chi connectivity index (χ4v) is 5.79. The number of nitrogens with one attached hydrogen (secondary N) is 1. The van der Waals surface area contributed by atoms with E-state index >= 15 is 0 Å². The Kier molecular flexibility index (Phi) is 9.09. The van der Waals surface area contributed by atoms with E-state index in [1.54, 1.807) is 36.7 Å². The molecule has 6 atom stereocenters. The van der Waals surface area contributed by atoms with Crippen molar-refractivity contribution < 1.29 is 50.6 Å². The topological polar surface area (TPSA) is 147 Å². The van der Waals surface area contributed by atoms with Gasteiger partial charge in [0.2, 0.25) is 11.8 Å². The van der Waals surface area contributed by atoms with E-state index in [4.69, 9.17) is 20.4 Å². The molecule has 2 aliphatic heterocycles. The van der Waals surface area contributed by atoms with Crippen LogP contribution in [-0.2, 0) is 14.4 Å². The molecule has 10 nitrogen and oxygen atoms in total. The zero-order chi connectivity index (χ0) is 33.5. The summed E-state index contributed by atoms with van der Waals surface area (Å²) in [4.78, 5) is 45.8. The van der Waals surface area contributed by atoms with E-state index in [0.29, 0.717) is 11.1 Å². The van der Waals surface area contributed by atoms with Gasteiger partial charge >= 0.3 is 18.3 Å². The molecule has 4 N–H and O–H groups in total. The third-order valence-corrected chi connectivity index (χ3v) is 7.87. The number of para-hydroxylation sites is 1. The van der Waals surface area contributed by atoms with Crippen molar-refractivity contribution in [2.75, 3.05) is 0 Å². The van der Waals surface area contributed by atoms with Crippen LogP contribution in [0.25, 0.3) is 0 Å². The number of carboxylic acids is 1. The van der Waals surface area contributed by atoms with Crippen LogP contribution in [0, 0.1) is 17.8 Å². The number of alkyl halides is 6. The Morgan fingerprint density at radius 3 is 2.33 bits per heavy atom. The number of nitrogens with two attached hydrogens (primary N) is 1. The first-order valence-electron chi connectivity index (χ1n) is 13.8. The van der Waals surface area contributed by atoms with Gasteiger partial charge in [-0.3, -0.25) is 19.5 Å². The van der Waals surface area contributed by atoms with Gasteiger partial charge < -0.3 is 20.9 Å². The maximum atomic E-state index is 13.6. The highest BCUT2D eigenvalue weighted by molar-refractivity contribution is 5.99. The van der Waals surface area contributed by atoms with E-state index in [9.17, 15) is 35.9 Å². The minimum atomic E-state index is -5.08. The van der Waals surface area contributed by atoms with Gasteiger partial charge in [-0.1, -0.05) is 31.2 Å². The van der Waals surface area contributed by atoms with Crippen molar-refractivity contribution in [3.8, 4) is 5.75 Å². The molecule has 3 heterocycles. The smallest absolute Gasteiger partial charge is 0.480 e. The number of halogens is 6. The number of nitrogens with zero attached hydrogens (tertiary/aromatic N) is 3. The number of aliphatic imine (C=N–C) groups is 1. The number of amides is 2. The molecule has 0 radical (unpaired) electrons. The number of carbonyl (C=O) groups is 3. The Hall–Kier alpha value is -4.37. The van der Waals surface area contributed by atoms with Crippen molar-refractivity contribution in [2.45, 2.75) is 69.7 Å². The first-order chi connectivity index (χ1) is 20.8. The standard InChI is InChI=1S/C27H30F3N5O3.C2HF3O2/c1-14-21(23(15-7-6-10-32-13-15)35-20(36)12-26(2,3)34-25(35)31)22(14)24(37)33-17-11-19(27(28,29)30)38-18-9-5-4-8-16(17)18;3-2(4,5)1(6)7/h4-10,13-14,17,19,21-23H,11-12H2,1-3H3,(H2,31,34)(H,33,37);(H,6,7)/t14?,17-,19+,21?,22?,23?;/m0./s1. The molecule has 2 aromatic rings. The number of ether oxygens (including phenoxy) is 1. The fraction of sp³-hybridized carbons (Fsp3) is 0.483. The lowest BCUT2D eigenvalue weighted by Crippen LogP contribution is -2.52. The molecular formula is C29H31F6N5O5. The van der Waals surface area contributed by atoms with Gasteiger partial charge in [0.1, 0.15) is 5.75 Å². The van der Waals surface area contributed by atoms with Gasteiger partial charge in [0.05, 0.1) is 24.0 Å². The SMILES string of the molecule is CC1C(C(=O)N[C@H]2C[C@H](C(F)(F)F)Oc3ccccc32)C1C(c1cccnc1)N1C(=O)CC(C)(C)N=C1N.O=C(O)C(F)(F)F. The Morgan fingerprint density at radius 1 is 1.13 bits per heavy atom. The minimum absolute atomic E-state index is 0.0738. The molecule has 2 amide bonds. The largest absolute Gasteiger partial charge is 0.490 e. The molecule has 1 fully saturated rings. The van der Waals surface area contributed by atoms with Crippen molar-refractivity contribution >= 4 is 23.7 Å². The zero-order valence-electron chi connectivity index (χ0n) is 24.3. The third kappa shape index (κ3) is 7.48. The second-order valence-electron chi connectivity index (χ2n) is 11.7. The van der Waals surface area contributed by atoms with E-state index in [0.717, 1.165) is 0 Å². The van der Waals surface area contributed by atoms with Gasteiger partial charge in [0.15, 0.2) is 12.1 Å². The number of aromatic nitrogens is 1. The van der Waals surface area contributed by atoms with E-state index in [-0.39, 0.29) is 41.8 Å². The molecule has 16 heteroatoms. The van der Waals surface area contributed by atoms with Crippen molar-refractivity contribution in [3.63, 3.8) is 0 Å². The molecule has 244 valence electrons. The van der Waals surface area contributed by atoms with Gasteiger partial charge in [-0.15, -0.1) is 0 Å². The zero-order valence-corrected chi connectivity index (χ0v) is 24.3. The second kappa shape index (κ2) is 12.2. The lowest BCUT2D eigenvalue weighted by molar-refractivity contribution is -0.201. The summed E-state index contributed by atoms with van der Waals surface area (Å²) in [5.74, 6) is -4.20. The Morgan fingerprint density at radius 2 is 1.78 bits per heavy atom. The summed E-state index contributed by atoms with van der Waals surface area (Å²) in [6, 6.07) is 8.52. The first kappa shape index (κ1) is 33.5. The molecule has 0 spiro atoms. The molecule has 3 aliphatic rings. The van der Waals surface area contributed by atoms with Crippen molar-refractivity contribution in [1.29, 1.82) is 0 Å². The summed E-state index contributed by atoms with van der Waals surface area (Å²) in [6.07, 6.45) is -8.71. The number of rotatable bonds is 5. The average Bonchev–Trinajstić information content (AvgIpc) is 3.59. The summed E-state index contributed by atoms with van der Waals surface area (Å²) in [5, 5.41) is 9.97. The van der Waals surface area contributed by atoms with Gasteiger partial charge in [-0.05, 0) is 43.4 Å². The number of carbonyl (C=O) groups excluding carboxylic acids is 2. The van der Waals surface area contributed by atoms with E-state index in [2.05, 4.69) is 15.3 Å². The number of hydrogen-bond donors (Lipinski definition) is 3. The molecule has 1 aliphatic carbocycles. The highest BCUT2D eigenvalue weighted by atomic mass is 19.4. The summed E-state index contributed by atoms with van der Waals surface area (Å²) in [6.45, 7) is 5.54. The van der Waals surface area contributed by atoms with E-state index < -0.39 is 54.4 Å². The van der Waals surface area contributed by atoms with Gasteiger partial charge in [0, 0.05) is 30.3 Å². The number of guanidine groups is 1. The molecule has 0 saturated heterocycles. The highest BCUT2D eigenvalue weighted by Gasteiger charge is 2.59. The van der Waals surface area contributed by atoms with Crippen molar-refractivity contribution in [1.82, 2.24) is 15.2 Å². The lowest BCUT2D eigenvalue weighted by atomic mass is 9.94. The molecule has 1 aromatic heterocycles. The van der Waals surface area contributed by atoms with Crippen LogP contribution in [0.15, 0.2) is 53.8 Å². The minimum Gasteiger partial charge on any atom is -0.480 e. The van der Waals surface area contributed by atoms with Crippen LogP contribution in [0.2, 0.25) is 0 Å². The van der Waals surface area contributed by atoms with Crippen LogP contribution in [0.1, 0.15) is 56.8 Å². The number of pyridine rings is 1. The summed E-state index contributed by atoms with van der Waals surface area (Å²) < 4.78 is 77.6. The number of aliphatic carboxylic acids is 1. The normalized spacial score (nSPS) is 26.2. The van der Waals surface area contributed by atoms with E-state index in [1.165, 1.54) is 11.0 Å². The Labute approximate surface area is 253 Å². The molecule has 45 heavy (non-hydrogen) atoms. The van der Waals surface area contributed by atoms with Crippen LogP contribution in [0.5, 0.6) is 5.75 Å². The maximum Gasteiger partial charge on any atom is 0.490 e. The summed E-state index contributed by atoms with van der Waals surface area (Å²) in [7, 11) is 0. The van der Waals surface area contributed by atoms with Crippen LogP contribution in [-0.4, -0.2) is 62.7 Å². The summed E-state index contributed by atoms with van der Waals surface area (Å²) in [5.41, 5.74) is 6.85. The van der Waals surface area contributed by atoms with Gasteiger partial charge in [0.25, 0.3) is 0 Å². The monoisotopic (exact) mass is 643 g/mol. The van der Waals surface area contributed by atoms with E-state index in [1.807, 2.05) is 26.8 Å². The second-order valence-corrected chi connectivity index (χ2v) is 11.7. The van der Waals surface area contributed by atoms with Crippen molar-refractivity contribution in [3.05, 3.63) is 59.9 Å². The molecule has 1 saturated carbocycles. The number of hydrogen-bond acceptors (Lipinski definition) is 7. The number of fused-ring (bicyclic) bond motifs is 1. The number of benzene rings is 1. The predicted octanol–water partition coefficient (Wildman–Crippen LogP) is 4.53. The predicted molar refractivity (Wildman–Crippen MR) is 146 cm³/mol. The molecular weight excluding hydrogens is 612 g/mol. The molecule has 4 unspecified atom stereocenters. The Bertz CT molecular complexity index is 1470. The van der Waals surface area contributed by atoms with Gasteiger partial charge in [-0.2, -0.15) is 26.3 Å². The molecule has 5 rings (SSSR count). The van der Waals surface area contributed by atoms with Gasteiger partial charge in [-0.25, -0.2) is 9.79 Å². The Balaban J connectivity index is 0.000000591. The summed E-state index contributed by atoms with van der Waals surface area (Å²) >= 11 is 0. The quantitative estimate of drug-likeness (QED) is 0.406. The highest BCUT2D eigenvalue weighted by Crippen LogP contribution is 2.56. The fourth-order valence-electron chi connectivity index (χ4n) is 5.79. The maximum absolute atomic E-state index is 13.6. The van der Waals surface area contributed by atoms with Crippen LogP contribution < -0.4 is 15.8 Å².